The highest BCUT2D eigenvalue weighted by molar-refractivity contribution is 5.87. The van der Waals surface area contributed by atoms with Gasteiger partial charge in [0.15, 0.2) is 0 Å². The molecule has 5 nitrogen and oxygen atoms in total. The van der Waals surface area contributed by atoms with Gasteiger partial charge in [-0.15, -0.1) is 0 Å². The van der Waals surface area contributed by atoms with Gasteiger partial charge >= 0.3 is 6.03 Å². The van der Waals surface area contributed by atoms with E-state index in [1.807, 2.05) is 12.1 Å². The summed E-state index contributed by atoms with van der Waals surface area (Å²) in [5.41, 5.74) is 10.5. The number of primary amides is 1. The maximum absolute atomic E-state index is 12.2. The van der Waals surface area contributed by atoms with E-state index >= 15 is 0 Å². The van der Waals surface area contributed by atoms with Crippen LogP contribution in [0.2, 0.25) is 0 Å². The first kappa shape index (κ1) is 17.0. The lowest BCUT2D eigenvalue weighted by atomic mass is 9.90. The number of hydrogen-bond acceptors (Lipinski definition) is 2. The highest BCUT2D eigenvalue weighted by atomic mass is 16.2. The number of carbonyl (C=O) groups excluding carboxylic acids is 2. The van der Waals surface area contributed by atoms with Gasteiger partial charge in [0.25, 0.3) is 0 Å². The van der Waals surface area contributed by atoms with Crippen molar-refractivity contribution in [3.8, 4) is 0 Å². The second kappa shape index (κ2) is 7.83. The van der Waals surface area contributed by atoms with Crippen molar-refractivity contribution < 1.29 is 9.59 Å². The Hall–Kier alpha value is -2.82. The zero-order chi connectivity index (χ0) is 17.6. The standard InChI is InChI=1S/C20H23N3O2/c21-20(25)23-18-7-3-4-15(11-18)13-22-19(24)12-14-8-9-16-5-1-2-6-17(16)10-14/h3-4,7-11H,1-2,5-6,12-13H2,(H,22,24)(H3,21,23,25). The molecule has 0 fully saturated rings. The van der Waals surface area contributed by atoms with Gasteiger partial charge in [0.1, 0.15) is 0 Å². The summed E-state index contributed by atoms with van der Waals surface area (Å²) in [6, 6.07) is 13.0. The van der Waals surface area contributed by atoms with Crippen molar-refractivity contribution in [2.75, 3.05) is 5.32 Å². The fourth-order valence-corrected chi connectivity index (χ4v) is 3.25. The number of aryl methyl sites for hydroxylation is 2. The van der Waals surface area contributed by atoms with Crippen LogP contribution in [0.1, 0.15) is 35.1 Å². The molecule has 3 rings (SSSR count). The molecule has 130 valence electrons. The van der Waals surface area contributed by atoms with E-state index in [1.54, 1.807) is 12.1 Å². The molecular weight excluding hydrogens is 314 g/mol. The van der Waals surface area contributed by atoms with Crippen molar-refractivity contribution in [1.82, 2.24) is 5.32 Å². The number of carbonyl (C=O) groups is 2. The first-order valence-electron chi connectivity index (χ1n) is 8.63. The molecule has 0 aliphatic heterocycles. The molecule has 0 unspecified atom stereocenters. The van der Waals surface area contributed by atoms with Crippen LogP contribution in [0.5, 0.6) is 0 Å². The van der Waals surface area contributed by atoms with Crippen LogP contribution in [-0.2, 0) is 30.6 Å². The predicted octanol–water partition coefficient (Wildman–Crippen LogP) is 2.91. The second-order valence-electron chi connectivity index (χ2n) is 6.45. The third-order valence-electron chi connectivity index (χ3n) is 4.46. The lowest BCUT2D eigenvalue weighted by Gasteiger charge is -2.16. The normalized spacial score (nSPS) is 13.0. The highest BCUT2D eigenvalue weighted by Gasteiger charge is 2.11. The summed E-state index contributed by atoms with van der Waals surface area (Å²) in [6.45, 7) is 0.415. The number of urea groups is 1. The summed E-state index contributed by atoms with van der Waals surface area (Å²) < 4.78 is 0. The first-order valence-corrected chi connectivity index (χ1v) is 8.63. The molecule has 2 aromatic rings. The average molecular weight is 337 g/mol. The number of amides is 3. The predicted molar refractivity (Wildman–Crippen MR) is 98.3 cm³/mol. The molecule has 0 aromatic heterocycles. The fraction of sp³-hybridized carbons (Fsp3) is 0.300. The lowest BCUT2D eigenvalue weighted by molar-refractivity contribution is -0.120. The zero-order valence-electron chi connectivity index (χ0n) is 14.2. The maximum atomic E-state index is 12.2. The summed E-state index contributed by atoms with van der Waals surface area (Å²) in [6.07, 6.45) is 5.14. The quantitative estimate of drug-likeness (QED) is 0.784. The molecule has 0 spiro atoms. The minimum Gasteiger partial charge on any atom is -0.352 e. The molecule has 1 aliphatic rings. The van der Waals surface area contributed by atoms with Gasteiger partial charge in [0, 0.05) is 12.2 Å². The van der Waals surface area contributed by atoms with E-state index in [1.165, 1.54) is 24.0 Å². The van der Waals surface area contributed by atoms with Crippen LogP contribution >= 0.6 is 0 Å². The Labute approximate surface area is 147 Å². The number of fused-ring (bicyclic) bond motifs is 1. The maximum Gasteiger partial charge on any atom is 0.316 e. The Bertz CT molecular complexity index is 786. The van der Waals surface area contributed by atoms with E-state index in [4.69, 9.17) is 5.73 Å². The van der Waals surface area contributed by atoms with Crippen molar-refractivity contribution in [3.63, 3.8) is 0 Å². The summed E-state index contributed by atoms with van der Waals surface area (Å²) in [5.74, 6) is -0.0102. The Morgan fingerprint density at radius 2 is 1.76 bits per heavy atom. The number of benzene rings is 2. The molecule has 0 atom stereocenters. The van der Waals surface area contributed by atoms with E-state index in [2.05, 4.69) is 28.8 Å². The highest BCUT2D eigenvalue weighted by Crippen LogP contribution is 2.22. The molecule has 0 saturated heterocycles. The SMILES string of the molecule is NC(=O)Nc1cccc(CNC(=O)Cc2ccc3c(c2)CCCC3)c1. The molecule has 3 amide bonds. The van der Waals surface area contributed by atoms with Crippen LogP contribution in [0.15, 0.2) is 42.5 Å². The summed E-state index contributed by atoms with van der Waals surface area (Å²) in [5, 5.41) is 5.45. The van der Waals surface area contributed by atoms with Crippen LogP contribution < -0.4 is 16.4 Å². The smallest absolute Gasteiger partial charge is 0.316 e. The largest absolute Gasteiger partial charge is 0.352 e. The van der Waals surface area contributed by atoms with Gasteiger partial charge in [-0.3, -0.25) is 4.79 Å². The van der Waals surface area contributed by atoms with E-state index < -0.39 is 6.03 Å². The number of anilines is 1. The zero-order valence-corrected chi connectivity index (χ0v) is 14.2. The van der Waals surface area contributed by atoms with Gasteiger partial charge < -0.3 is 16.4 Å². The number of nitrogens with two attached hydrogens (primary N) is 1. The van der Waals surface area contributed by atoms with Gasteiger partial charge in [0.05, 0.1) is 6.42 Å². The number of rotatable bonds is 5. The average Bonchev–Trinajstić information content (AvgIpc) is 2.60. The van der Waals surface area contributed by atoms with Gasteiger partial charge in [-0.2, -0.15) is 0 Å². The molecule has 5 heteroatoms. The van der Waals surface area contributed by atoms with Crippen molar-refractivity contribution in [3.05, 3.63) is 64.7 Å². The molecule has 0 radical (unpaired) electrons. The van der Waals surface area contributed by atoms with Crippen molar-refractivity contribution in [2.45, 2.75) is 38.6 Å². The Kier molecular flexibility index (Phi) is 5.33. The Morgan fingerprint density at radius 3 is 2.56 bits per heavy atom. The number of nitrogens with one attached hydrogen (secondary N) is 2. The molecule has 1 aliphatic carbocycles. The van der Waals surface area contributed by atoms with E-state index in [0.717, 1.165) is 24.0 Å². The van der Waals surface area contributed by atoms with E-state index in [0.29, 0.717) is 18.7 Å². The molecule has 2 aromatic carbocycles. The lowest BCUT2D eigenvalue weighted by Crippen LogP contribution is -2.25. The molecule has 0 heterocycles. The van der Waals surface area contributed by atoms with Crippen LogP contribution in [-0.4, -0.2) is 11.9 Å². The molecule has 0 saturated carbocycles. The first-order chi connectivity index (χ1) is 12.1. The summed E-state index contributed by atoms with van der Waals surface area (Å²) >= 11 is 0. The van der Waals surface area contributed by atoms with E-state index in [9.17, 15) is 9.59 Å². The fourth-order valence-electron chi connectivity index (χ4n) is 3.25. The number of hydrogen-bond donors (Lipinski definition) is 3. The second-order valence-corrected chi connectivity index (χ2v) is 6.45. The van der Waals surface area contributed by atoms with Gasteiger partial charge in [-0.25, -0.2) is 4.79 Å². The van der Waals surface area contributed by atoms with Crippen molar-refractivity contribution >= 4 is 17.6 Å². The van der Waals surface area contributed by atoms with Crippen LogP contribution in [0, 0.1) is 0 Å². The van der Waals surface area contributed by atoms with Gasteiger partial charge in [0.2, 0.25) is 5.91 Å². The summed E-state index contributed by atoms with van der Waals surface area (Å²) in [4.78, 5) is 23.1. The molecular formula is C20H23N3O2. The van der Waals surface area contributed by atoms with Crippen LogP contribution in [0.25, 0.3) is 0 Å². The Balaban J connectivity index is 1.55. The topological polar surface area (TPSA) is 84.2 Å². The Morgan fingerprint density at radius 1 is 0.960 bits per heavy atom. The minimum absolute atomic E-state index is 0.0102. The molecule has 25 heavy (non-hydrogen) atoms. The molecule has 4 N–H and O–H groups in total. The van der Waals surface area contributed by atoms with Crippen LogP contribution in [0.4, 0.5) is 10.5 Å². The van der Waals surface area contributed by atoms with Gasteiger partial charge in [-0.05, 0) is 60.1 Å². The summed E-state index contributed by atoms with van der Waals surface area (Å²) in [7, 11) is 0. The third kappa shape index (κ3) is 4.83. The third-order valence-corrected chi connectivity index (χ3v) is 4.46. The van der Waals surface area contributed by atoms with Crippen molar-refractivity contribution in [2.24, 2.45) is 5.73 Å². The minimum atomic E-state index is -0.603. The van der Waals surface area contributed by atoms with Gasteiger partial charge in [-0.1, -0.05) is 30.3 Å². The van der Waals surface area contributed by atoms with Crippen LogP contribution in [0.3, 0.4) is 0 Å². The van der Waals surface area contributed by atoms with E-state index in [-0.39, 0.29) is 5.91 Å². The van der Waals surface area contributed by atoms with Crippen molar-refractivity contribution in [1.29, 1.82) is 0 Å². The molecule has 0 bridgehead atoms. The monoisotopic (exact) mass is 337 g/mol.